The second-order valence-corrected chi connectivity index (χ2v) is 7.31. The zero-order valence-electron chi connectivity index (χ0n) is 17.9. The fraction of sp³-hybridized carbons (Fsp3) is 0.917. The molecule has 0 aromatic rings. The fourth-order valence-corrected chi connectivity index (χ4v) is 2.95. The first-order valence-electron chi connectivity index (χ1n) is 11.4. The molecule has 0 rings (SSSR count). The van der Waals surface area contributed by atoms with Gasteiger partial charge in [-0.3, -0.25) is 0 Å². The number of unbranched alkanes of at least 4 members (excludes halogenated alkanes) is 16. The van der Waals surface area contributed by atoms with E-state index in [1.165, 1.54) is 116 Å². The van der Waals surface area contributed by atoms with Gasteiger partial charge in [0.05, 0.1) is 0 Å². The molecule has 0 aliphatic rings. The van der Waals surface area contributed by atoms with Crippen molar-refractivity contribution in [2.75, 3.05) is 0 Å². The molecule has 0 nitrogen and oxygen atoms in total. The van der Waals surface area contributed by atoms with Gasteiger partial charge in [0.15, 0.2) is 0 Å². The lowest BCUT2D eigenvalue weighted by Crippen LogP contribution is -1.80. The van der Waals surface area contributed by atoms with Crippen molar-refractivity contribution in [3.63, 3.8) is 0 Å². The summed E-state index contributed by atoms with van der Waals surface area (Å²) in [6, 6.07) is 0. The summed E-state index contributed by atoms with van der Waals surface area (Å²) in [6.45, 7) is 8.93. The Hall–Kier alpha value is -0.260. The molecular formula is C24H50. The van der Waals surface area contributed by atoms with Crippen LogP contribution in [-0.4, -0.2) is 0 Å². The molecule has 0 amide bonds. The van der Waals surface area contributed by atoms with Crippen LogP contribution in [0.15, 0.2) is 12.2 Å². The number of hydrogen-bond acceptors (Lipinski definition) is 0. The molecule has 0 atom stereocenters. The van der Waals surface area contributed by atoms with Crippen LogP contribution in [0.1, 0.15) is 143 Å². The lowest BCUT2D eigenvalue weighted by atomic mass is 10.1. The lowest BCUT2D eigenvalue weighted by Gasteiger charge is -1.99. The van der Waals surface area contributed by atoms with Crippen molar-refractivity contribution in [2.24, 2.45) is 0 Å². The third-order valence-corrected chi connectivity index (χ3v) is 4.67. The van der Waals surface area contributed by atoms with E-state index in [0.717, 1.165) is 0 Å². The maximum absolute atomic E-state index is 2.28. The minimum Gasteiger partial charge on any atom is -0.0917 e. The van der Waals surface area contributed by atoms with E-state index in [1.54, 1.807) is 0 Å². The lowest BCUT2D eigenvalue weighted by molar-refractivity contribution is 0.562. The van der Waals surface area contributed by atoms with Crippen LogP contribution in [0.5, 0.6) is 0 Å². The molecular weight excluding hydrogens is 288 g/mol. The summed E-state index contributed by atoms with van der Waals surface area (Å²) in [4.78, 5) is 0. The average Bonchev–Trinajstić information content (AvgIpc) is 2.60. The standard InChI is InChI=1S/C12H26.C12H24/c2*1-3-5-7-9-11-12-10-8-6-4-2/h3-12H2,1-2H3;3,5H,4,6-12H2,1-2H3/b;5-3+. The summed E-state index contributed by atoms with van der Waals surface area (Å²) in [5.41, 5.74) is 0. The molecule has 0 bridgehead atoms. The van der Waals surface area contributed by atoms with Gasteiger partial charge in [-0.15, -0.1) is 0 Å². The Balaban J connectivity index is 0. The molecule has 0 fully saturated rings. The summed E-state index contributed by atoms with van der Waals surface area (Å²) < 4.78 is 0. The van der Waals surface area contributed by atoms with E-state index in [4.69, 9.17) is 0 Å². The smallest absolute Gasteiger partial charge is 0.0351 e. The van der Waals surface area contributed by atoms with Gasteiger partial charge in [-0.05, 0) is 19.8 Å². The van der Waals surface area contributed by atoms with Crippen LogP contribution in [0.2, 0.25) is 0 Å². The van der Waals surface area contributed by atoms with Crippen molar-refractivity contribution >= 4 is 0 Å². The topological polar surface area (TPSA) is 0 Å². The zero-order chi connectivity index (χ0) is 18.1. The zero-order valence-corrected chi connectivity index (χ0v) is 17.9. The quantitative estimate of drug-likeness (QED) is 0.183. The first-order valence-corrected chi connectivity index (χ1v) is 11.4. The van der Waals surface area contributed by atoms with Crippen molar-refractivity contribution < 1.29 is 0 Å². The Morgan fingerprint density at radius 1 is 0.417 bits per heavy atom. The maximum Gasteiger partial charge on any atom is -0.0351 e. The summed E-state index contributed by atoms with van der Waals surface area (Å²) >= 11 is 0. The second-order valence-electron chi connectivity index (χ2n) is 7.31. The highest BCUT2D eigenvalue weighted by atomic mass is 14.0. The Morgan fingerprint density at radius 3 is 1.00 bits per heavy atom. The van der Waals surface area contributed by atoms with Gasteiger partial charge in [-0.2, -0.15) is 0 Å². The van der Waals surface area contributed by atoms with Gasteiger partial charge in [0.1, 0.15) is 0 Å². The highest BCUT2D eigenvalue weighted by molar-refractivity contribution is 4.76. The second kappa shape index (κ2) is 27.6. The van der Waals surface area contributed by atoms with E-state index in [1.807, 2.05) is 0 Å². The highest BCUT2D eigenvalue weighted by Crippen LogP contribution is 2.10. The molecule has 24 heavy (non-hydrogen) atoms. The van der Waals surface area contributed by atoms with E-state index in [0.29, 0.717) is 0 Å². The Kier molecular flexibility index (Phi) is 29.9. The molecule has 0 aliphatic carbocycles. The van der Waals surface area contributed by atoms with Crippen molar-refractivity contribution in [1.29, 1.82) is 0 Å². The molecule has 0 heteroatoms. The predicted molar refractivity (Wildman–Crippen MR) is 115 cm³/mol. The van der Waals surface area contributed by atoms with Gasteiger partial charge >= 0.3 is 0 Å². The summed E-state index contributed by atoms with van der Waals surface area (Å²) in [5.74, 6) is 0. The van der Waals surface area contributed by atoms with E-state index < -0.39 is 0 Å². The molecule has 0 saturated carbocycles. The number of hydrogen-bond donors (Lipinski definition) is 0. The average molecular weight is 339 g/mol. The van der Waals surface area contributed by atoms with E-state index in [9.17, 15) is 0 Å². The Bertz CT molecular complexity index is 194. The van der Waals surface area contributed by atoms with Gasteiger partial charge in [0.2, 0.25) is 0 Å². The summed E-state index contributed by atoms with van der Waals surface area (Å²) in [7, 11) is 0. The Morgan fingerprint density at radius 2 is 0.708 bits per heavy atom. The number of rotatable bonds is 17. The molecule has 146 valence electrons. The minimum atomic E-state index is 1.28. The molecule has 0 N–H and O–H groups in total. The number of allylic oxidation sites excluding steroid dienone is 2. The van der Waals surface area contributed by atoms with E-state index in [2.05, 4.69) is 39.8 Å². The first-order chi connectivity index (χ1) is 11.8. The molecule has 0 spiro atoms. The summed E-state index contributed by atoms with van der Waals surface area (Å²) in [5, 5.41) is 0. The van der Waals surface area contributed by atoms with Gasteiger partial charge in [-0.1, -0.05) is 136 Å². The molecule has 0 saturated heterocycles. The van der Waals surface area contributed by atoms with Crippen LogP contribution in [0, 0.1) is 0 Å². The van der Waals surface area contributed by atoms with Gasteiger partial charge in [-0.25, -0.2) is 0 Å². The summed E-state index contributed by atoms with van der Waals surface area (Å²) in [6.07, 6.45) is 30.1. The molecule has 0 heterocycles. The minimum absolute atomic E-state index is 1.28. The fourth-order valence-electron chi connectivity index (χ4n) is 2.95. The third kappa shape index (κ3) is 29.7. The highest BCUT2D eigenvalue weighted by Gasteiger charge is 1.90. The molecule has 0 aromatic carbocycles. The Labute approximate surface area is 155 Å². The SMILES string of the molecule is C/C=C/CCCCCCCCC.CCCCCCCCCCCC. The van der Waals surface area contributed by atoms with Crippen LogP contribution in [0.4, 0.5) is 0 Å². The normalized spacial score (nSPS) is 10.8. The maximum atomic E-state index is 2.28. The monoisotopic (exact) mass is 338 g/mol. The molecule has 0 unspecified atom stereocenters. The van der Waals surface area contributed by atoms with Crippen LogP contribution < -0.4 is 0 Å². The molecule has 0 aromatic heterocycles. The third-order valence-electron chi connectivity index (χ3n) is 4.67. The van der Waals surface area contributed by atoms with E-state index >= 15 is 0 Å². The van der Waals surface area contributed by atoms with Crippen LogP contribution in [0.3, 0.4) is 0 Å². The molecule has 0 aliphatic heterocycles. The van der Waals surface area contributed by atoms with Gasteiger partial charge in [0, 0.05) is 0 Å². The van der Waals surface area contributed by atoms with Crippen molar-refractivity contribution in [1.82, 2.24) is 0 Å². The van der Waals surface area contributed by atoms with Crippen molar-refractivity contribution in [3.8, 4) is 0 Å². The van der Waals surface area contributed by atoms with Crippen LogP contribution in [0.25, 0.3) is 0 Å². The largest absolute Gasteiger partial charge is 0.0917 e. The van der Waals surface area contributed by atoms with Crippen molar-refractivity contribution in [2.45, 2.75) is 143 Å². The van der Waals surface area contributed by atoms with Crippen LogP contribution >= 0.6 is 0 Å². The first kappa shape index (κ1) is 26.0. The van der Waals surface area contributed by atoms with Crippen LogP contribution in [-0.2, 0) is 0 Å². The molecule has 0 radical (unpaired) electrons. The predicted octanol–water partition coefficient (Wildman–Crippen LogP) is 9.63. The van der Waals surface area contributed by atoms with Gasteiger partial charge in [0.25, 0.3) is 0 Å². The van der Waals surface area contributed by atoms with Crippen molar-refractivity contribution in [3.05, 3.63) is 12.2 Å². The van der Waals surface area contributed by atoms with Gasteiger partial charge < -0.3 is 0 Å². The van der Waals surface area contributed by atoms with E-state index in [-0.39, 0.29) is 0 Å².